The lowest BCUT2D eigenvalue weighted by Gasteiger charge is -2.04. The van der Waals surface area contributed by atoms with Crippen molar-refractivity contribution in [1.29, 1.82) is 0 Å². The molecule has 0 aliphatic rings. The Balaban J connectivity index is 2.33. The second kappa shape index (κ2) is 5.10. The summed E-state index contributed by atoms with van der Waals surface area (Å²) in [6, 6.07) is 12.4. The van der Waals surface area contributed by atoms with Crippen LogP contribution in [0.4, 0.5) is 0 Å². The summed E-state index contributed by atoms with van der Waals surface area (Å²) in [6.45, 7) is 1.93. The molecule has 0 unspecified atom stereocenters. The molecular weight excluding hydrogens is 252 g/mol. The van der Waals surface area contributed by atoms with Crippen LogP contribution in [0.3, 0.4) is 0 Å². The predicted molar refractivity (Wildman–Crippen MR) is 78.7 cm³/mol. The van der Waals surface area contributed by atoms with Gasteiger partial charge in [0, 0.05) is 6.42 Å². The Morgan fingerprint density at radius 1 is 1.10 bits per heavy atom. The van der Waals surface area contributed by atoms with Crippen molar-refractivity contribution in [2.75, 3.05) is 0 Å². The highest BCUT2D eigenvalue weighted by Gasteiger charge is 2.11. The van der Waals surface area contributed by atoms with Crippen LogP contribution in [0, 0.1) is 12.0 Å². The van der Waals surface area contributed by atoms with Gasteiger partial charge in [0.2, 0.25) is 5.43 Å². The molecule has 0 spiro atoms. The topological polar surface area (TPSA) is 39.4 Å². The molecule has 0 aliphatic heterocycles. The van der Waals surface area contributed by atoms with Crippen LogP contribution >= 0.6 is 0 Å². The minimum Gasteiger partial charge on any atom is -0.456 e. The monoisotopic (exact) mass is 264 g/mol. The highest BCUT2D eigenvalue weighted by Crippen LogP contribution is 2.25. The summed E-state index contributed by atoms with van der Waals surface area (Å²) < 4.78 is 11.1. The lowest BCUT2D eigenvalue weighted by molar-refractivity contribution is 0.523. The van der Waals surface area contributed by atoms with Gasteiger partial charge < -0.3 is 9.15 Å². The number of benzene rings is 2. The molecule has 0 aliphatic carbocycles. The highest BCUT2D eigenvalue weighted by molar-refractivity contribution is 5.93. The van der Waals surface area contributed by atoms with E-state index >= 15 is 0 Å². The van der Waals surface area contributed by atoms with Gasteiger partial charge in [-0.05, 0) is 24.3 Å². The van der Waals surface area contributed by atoms with Crippen LogP contribution in [0.5, 0.6) is 5.75 Å². The molecule has 1 aromatic heterocycles. The zero-order chi connectivity index (χ0) is 13.9. The summed E-state index contributed by atoms with van der Waals surface area (Å²) in [5.74, 6) is 3.25. The van der Waals surface area contributed by atoms with Gasteiger partial charge in [-0.2, -0.15) is 0 Å². The summed E-state index contributed by atoms with van der Waals surface area (Å²) in [4.78, 5) is 12.6. The second-order valence-electron chi connectivity index (χ2n) is 4.29. The molecule has 1 heterocycles. The molecule has 3 nitrogen and oxygen atoms in total. The maximum atomic E-state index is 12.6. The molecule has 2 aromatic carbocycles. The van der Waals surface area contributed by atoms with Gasteiger partial charge in [0.1, 0.15) is 22.7 Å². The average molecular weight is 264 g/mol. The van der Waals surface area contributed by atoms with E-state index in [0.717, 1.165) is 0 Å². The smallest absolute Gasteiger partial charge is 0.204 e. The van der Waals surface area contributed by atoms with Crippen molar-refractivity contribution in [2.24, 2.45) is 0 Å². The molecule has 0 amide bonds. The molecule has 0 saturated carbocycles. The molecule has 20 heavy (non-hydrogen) atoms. The predicted octanol–water partition coefficient (Wildman–Crippen LogP) is 3.70. The summed E-state index contributed by atoms with van der Waals surface area (Å²) >= 11 is 0. The molecule has 0 N–H and O–H groups in total. The molecular formula is C17H12O3. The quantitative estimate of drug-likeness (QED) is 0.497. The number of rotatable bonds is 1. The third-order valence-corrected chi connectivity index (χ3v) is 2.98. The average Bonchev–Trinajstić information content (AvgIpc) is 2.48. The number of hydrogen-bond acceptors (Lipinski definition) is 3. The van der Waals surface area contributed by atoms with Gasteiger partial charge in [0.05, 0.1) is 5.39 Å². The van der Waals surface area contributed by atoms with E-state index in [9.17, 15) is 4.79 Å². The fourth-order valence-electron chi connectivity index (χ4n) is 2.06. The Morgan fingerprint density at radius 2 is 1.90 bits per heavy atom. The van der Waals surface area contributed by atoms with E-state index in [1.807, 2.05) is 19.1 Å². The molecule has 3 rings (SSSR count). The van der Waals surface area contributed by atoms with Gasteiger partial charge in [-0.15, -0.1) is 0 Å². The Bertz CT molecular complexity index is 895. The lowest BCUT2D eigenvalue weighted by atomic mass is 10.1. The fourth-order valence-corrected chi connectivity index (χ4v) is 2.06. The third kappa shape index (κ3) is 2.02. The van der Waals surface area contributed by atoms with Gasteiger partial charge >= 0.3 is 0 Å². The van der Waals surface area contributed by atoms with E-state index in [0.29, 0.717) is 34.1 Å². The minimum absolute atomic E-state index is 0.101. The minimum atomic E-state index is -0.101. The number of para-hydroxylation sites is 1. The molecule has 3 aromatic rings. The van der Waals surface area contributed by atoms with E-state index in [2.05, 4.69) is 12.0 Å². The Kier molecular flexibility index (Phi) is 3.14. The maximum Gasteiger partial charge on any atom is 0.204 e. The highest BCUT2D eigenvalue weighted by atomic mass is 16.5. The number of ether oxygens (including phenoxy) is 1. The van der Waals surface area contributed by atoms with Crippen LogP contribution in [-0.4, -0.2) is 0 Å². The van der Waals surface area contributed by atoms with Gasteiger partial charge in [-0.25, -0.2) is 0 Å². The summed E-state index contributed by atoms with van der Waals surface area (Å²) in [5, 5.41) is 0.969. The molecule has 0 saturated heterocycles. The standard InChI is InChI=1S/C17H12O3/c1-2-3-11-19-14-9-6-10-15-16(14)17(18)12-7-4-5-8-13(12)20-15/h4-10H,2H2,1H3. The van der Waals surface area contributed by atoms with Crippen molar-refractivity contribution in [3.05, 3.63) is 52.7 Å². The Morgan fingerprint density at radius 3 is 2.75 bits per heavy atom. The van der Waals surface area contributed by atoms with Crippen molar-refractivity contribution in [2.45, 2.75) is 13.3 Å². The SMILES string of the molecule is CCC#COc1cccc2oc3ccccc3c(=O)c12. The molecule has 0 bridgehead atoms. The third-order valence-electron chi connectivity index (χ3n) is 2.98. The first kappa shape index (κ1) is 12.3. The molecule has 0 radical (unpaired) electrons. The van der Waals surface area contributed by atoms with Crippen LogP contribution in [0.15, 0.2) is 51.7 Å². The molecule has 3 heteroatoms. The molecule has 0 fully saturated rings. The zero-order valence-corrected chi connectivity index (χ0v) is 11.0. The summed E-state index contributed by atoms with van der Waals surface area (Å²) in [5.41, 5.74) is 0.974. The number of hydrogen-bond donors (Lipinski definition) is 0. The van der Waals surface area contributed by atoms with E-state index in [1.165, 1.54) is 0 Å². The van der Waals surface area contributed by atoms with Crippen LogP contribution < -0.4 is 10.2 Å². The van der Waals surface area contributed by atoms with E-state index in [-0.39, 0.29) is 5.43 Å². The number of fused-ring (bicyclic) bond motifs is 2. The van der Waals surface area contributed by atoms with Crippen LogP contribution in [0.2, 0.25) is 0 Å². The molecule has 0 atom stereocenters. The van der Waals surface area contributed by atoms with E-state index in [1.54, 1.807) is 30.3 Å². The van der Waals surface area contributed by atoms with Crippen LogP contribution in [-0.2, 0) is 0 Å². The largest absolute Gasteiger partial charge is 0.456 e. The summed E-state index contributed by atoms with van der Waals surface area (Å²) in [7, 11) is 0. The first-order valence-corrected chi connectivity index (χ1v) is 6.40. The second-order valence-corrected chi connectivity index (χ2v) is 4.29. The fraction of sp³-hybridized carbons (Fsp3) is 0.118. The van der Waals surface area contributed by atoms with Gasteiger partial charge in [0.25, 0.3) is 0 Å². The lowest BCUT2D eigenvalue weighted by Crippen LogP contribution is -2.03. The summed E-state index contributed by atoms with van der Waals surface area (Å²) in [6.07, 6.45) is 3.28. The Labute approximate surface area is 115 Å². The van der Waals surface area contributed by atoms with Crippen molar-refractivity contribution >= 4 is 21.9 Å². The van der Waals surface area contributed by atoms with E-state index < -0.39 is 0 Å². The normalized spacial score (nSPS) is 10.2. The molecule has 98 valence electrons. The first-order valence-electron chi connectivity index (χ1n) is 6.40. The van der Waals surface area contributed by atoms with Crippen molar-refractivity contribution in [3.8, 4) is 17.8 Å². The van der Waals surface area contributed by atoms with Crippen molar-refractivity contribution < 1.29 is 9.15 Å². The van der Waals surface area contributed by atoms with E-state index in [4.69, 9.17) is 9.15 Å². The first-order chi connectivity index (χ1) is 9.81. The van der Waals surface area contributed by atoms with Gasteiger partial charge in [-0.1, -0.05) is 31.0 Å². The van der Waals surface area contributed by atoms with Crippen LogP contribution in [0.1, 0.15) is 13.3 Å². The zero-order valence-electron chi connectivity index (χ0n) is 11.0. The van der Waals surface area contributed by atoms with Gasteiger partial charge in [-0.3, -0.25) is 4.79 Å². The van der Waals surface area contributed by atoms with Gasteiger partial charge in [0.15, 0.2) is 5.75 Å². The maximum absolute atomic E-state index is 12.6. The van der Waals surface area contributed by atoms with Crippen LogP contribution in [0.25, 0.3) is 21.9 Å². The van der Waals surface area contributed by atoms with Crippen molar-refractivity contribution in [3.63, 3.8) is 0 Å². The Hall–Kier alpha value is -2.73. The van der Waals surface area contributed by atoms with Crippen molar-refractivity contribution in [1.82, 2.24) is 0 Å².